The molecule has 0 aromatic carbocycles. The lowest BCUT2D eigenvalue weighted by atomic mass is 9.96. The third-order valence-corrected chi connectivity index (χ3v) is 8.59. The number of hydrogen-bond donors (Lipinski definition) is 1. The highest BCUT2D eigenvalue weighted by Gasteiger charge is 2.61. The number of ether oxygens (including phenoxy) is 7. The molecule has 15 heteroatoms. The molecule has 0 aliphatic carbocycles. The zero-order valence-corrected chi connectivity index (χ0v) is 29.5. The maximum atomic E-state index is 12.8. The molecule has 1 amide bonds. The average molecular weight is 688 g/mol. The van der Waals surface area contributed by atoms with E-state index in [2.05, 4.69) is 15.1 Å². The number of Topliss-reactive ketones (excluding diaryl/α,β-unsaturated/α-hetero) is 1. The molecule has 0 spiro atoms. The summed E-state index contributed by atoms with van der Waals surface area (Å²) in [5.74, 6) is -1.32. The molecule has 268 valence electrons. The van der Waals surface area contributed by atoms with Gasteiger partial charge in [-0.15, -0.1) is 5.10 Å². The monoisotopic (exact) mass is 687 g/mol. The topological polar surface area (TPSA) is 145 Å². The maximum Gasteiger partial charge on any atom is 0.222 e. The lowest BCUT2D eigenvalue weighted by Gasteiger charge is -2.43. The normalized spacial score (nSPS) is 26.6. The van der Waals surface area contributed by atoms with Gasteiger partial charge in [-0.1, -0.05) is 25.5 Å². The van der Waals surface area contributed by atoms with Crippen LogP contribution in [0.3, 0.4) is 0 Å². The van der Waals surface area contributed by atoms with Crippen molar-refractivity contribution in [3.05, 3.63) is 11.9 Å². The molecule has 4 rings (SSSR count). The molecule has 3 aliphatic rings. The van der Waals surface area contributed by atoms with E-state index in [4.69, 9.17) is 44.9 Å². The molecule has 0 radical (unpaired) electrons. The third kappa shape index (κ3) is 11.4. The Labute approximate surface area is 283 Å². The number of unbranched alkanes of at least 4 members (excludes halogenated alkanes) is 1. The zero-order chi connectivity index (χ0) is 34.0. The van der Waals surface area contributed by atoms with Crippen LogP contribution in [0, 0.1) is 5.92 Å². The van der Waals surface area contributed by atoms with Crippen molar-refractivity contribution in [2.45, 2.75) is 142 Å². The Bertz CT molecular complexity index is 1140. The average Bonchev–Trinajstić information content (AvgIpc) is 3.68. The maximum absolute atomic E-state index is 12.8. The van der Waals surface area contributed by atoms with Gasteiger partial charge in [0.25, 0.3) is 0 Å². The number of carbonyl (C=O) groups is 2. The second-order valence-corrected chi connectivity index (χ2v) is 13.7. The molecule has 47 heavy (non-hydrogen) atoms. The van der Waals surface area contributed by atoms with Gasteiger partial charge in [0.1, 0.15) is 29.8 Å². The van der Waals surface area contributed by atoms with Crippen LogP contribution in [0.1, 0.15) is 92.2 Å². The van der Waals surface area contributed by atoms with Crippen molar-refractivity contribution >= 4 is 23.5 Å². The van der Waals surface area contributed by atoms with Gasteiger partial charge >= 0.3 is 0 Å². The minimum absolute atomic E-state index is 0.00700. The number of ketones is 1. The van der Waals surface area contributed by atoms with Gasteiger partial charge in [0.2, 0.25) is 5.91 Å². The lowest BCUT2D eigenvalue weighted by Crippen LogP contribution is -2.56. The summed E-state index contributed by atoms with van der Waals surface area (Å²) >= 11 is 5.50. The number of rotatable bonds is 21. The Morgan fingerprint density at radius 2 is 1.79 bits per heavy atom. The number of nitrogens with zero attached hydrogens (tertiary/aromatic N) is 4. The standard InChI is InChI=1S/C32H54ClN5O9/c1-7-11-25(40)37(15-10-13-24(39)22(2)12-8-9-14-34-33)20-23-21-38(36-35-23)16-17-41-18-19-42-29-27-26(44-31(3,4)46-29)28-30(43-27)47-32(5,6)45-28/h21-22,26-30,34H,7-20H2,1-6H3. The van der Waals surface area contributed by atoms with E-state index in [9.17, 15) is 9.59 Å². The van der Waals surface area contributed by atoms with Gasteiger partial charge in [-0.25, -0.2) is 9.52 Å². The predicted molar refractivity (Wildman–Crippen MR) is 171 cm³/mol. The SMILES string of the molecule is CCCC(=O)N(CCCC(=O)C(C)CCCCNCl)Cc1cn(CCOCCOC2OC(C)(C)OC3C2OC2OC(C)(C)OC23)nn1. The van der Waals surface area contributed by atoms with Gasteiger partial charge in [-0.05, 0) is 65.2 Å². The molecular formula is C32H54ClN5O9. The molecule has 1 N–H and O–H groups in total. The number of carbonyl (C=O) groups excluding carboxylic acids is 2. The molecule has 14 nitrogen and oxygen atoms in total. The fourth-order valence-electron chi connectivity index (χ4n) is 6.05. The first-order valence-electron chi connectivity index (χ1n) is 17.0. The Morgan fingerprint density at radius 3 is 2.55 bits per heavy atom. The van der Waals surface area contributed by atoms with E-state index in [-0.39, 0.29) is 29.8 Å². The van der Waals surface area contributed by atoms with Crippen LogP contribution in [0.25, 0.3) is 0 Å². The summed E-state index contributed by atoms with van der Waals surface area (Å²) in [5.41, 5.74) is 0.692. The Hall–Kier alpha value is -1.75. The molecule has 6 unspecified atom stereocenters. The van der Waals surface area contributed by atoms with Crippen molar-refractivity contribution in [3.63, 3.8) is 0 Å². The van der Waals surface area contributed by atoms with Crippen molar-refractivity contribution in [3.8, 4) is 0 Å². The number of hydrogen-bond acceptors (Lipinski definition) is 12. The molecule has 1 aromatic rings. The van der Waals surface area contributed by atoms with Crippen molar-refractivity contribution in [1.82, 2.24) is 24.7 Å². The second kappa shape index (κ2) is 17.8. The van der Waals surface area contributed by atoms with E-state index in [0.717, 1.165) is 32.2 Å². The molecule has 4 heterocycles. The highest BCUT2D eigenvalue weighted by atomic mass is 35.5. The summed E-state index contributed by atoms with van der Waals surface area (Å²) in [6.45, 7) is 14.4. The largest absolute Gasteiger partial charge is 0.377 e. The van der Waals surface area contributed by atoms with Crippen molar-refractivity contribution < 1.29 is 42.7 Å². The molecule has 6 atom stereocenters. The summed E-state index contributed by atoms with van der Waals surface area (Å²) in [6.07, 6.45) is 4.43. The molecule has 3 fully saturated rings. The number of amides is 1. The predicted octanol–water partition coefficient (Wildman–Crippen LogP) is 3.69. The highest BCUT2D eigenvalue weighted by molar-refractivity contribution is 6.13. The first-order valence-corrected chi connectivity index (χ1v) is 17.4. The summed E-state index contributed by atoms with van der Waals surface area (Å²) in [6, 6.07) is 0. The van der Waals surface area contributed by atoms with Crippen LogP contribution in [0.2, 0.25) is 0 Å². The van der Waals surface area contributed by atoms with E-state index in [1.807, 2.05) is 47.7 Å². The van der Waals surface area contributed by atoms with Crippen LogP contribution in [-0.4, -0.2) is 107 Å². The molecule has 0 bridgehead atoms. The Kier molecular flexibility index (Phi) is 14.4. The molecule has 0 saturated carbocycles. The van der Waals surface area contributed by atoms with Gasteiger partial charge in [0.05, 0.1) is 39.1 Å². The summed E-state index contributed by atoms with van der Waals surface area (Å²) < 4.78 is 43.6. The van der Waals surface area contributed by atoms with E-state index in [1.54, 1.807) is 9.58 Å². The van der Waals surface area contributed by atoms with Crippen molar-refractivity contribution in [2.24, 2.45) is 5.92 Å². The van der Waals surface area contributed by atoms with E-state index in [1.165, 1.54) is 0 Å². The Balaban J connectivity index is 1.15. The molecule has 1 aromatic heterocycles. The molecular weight excluding hydrogens is 634 g/mol. The number of fused-ring (bicyclic) bond motifs is 3. The fourth-order valence-corrected chi connectivity index (χ4v) is 6.18. The van der Waals surface area contributed by atoms with Crippen LogP contribution >= 0.6 is 11.8 Å². The first-order chi connectivity index (χ1) is 22.4. The second-order valence-electron chi connectivity index (χ2n) is 13.4. The zero-order valence-electron chi connectivity index (χ0n) is 28.8. The highest BCUT2D eigenvalue weighted by Crippen LogP contribution is 2.44. The number of aromatic nitrogens is 3. The summed E-state index contributed by atoms with van der Waals surface area (Å²) in [5, 5.41) is 8.47. The lowest BCUT2D eigenvalue weighted by molar-refractivity contribution is -0.389. The van der Waals surface area contributed by atoms with Crippen LogP contribution in [0.15, 0.2) is 6.20 Å². The molecule has 3 aliphatic heterocycles. The number of halogens is 1. The minimum Gasteiger partial charge on any atom is -0.377 e. The van der Waals surface area contributed by atoms with Gasteiger partial charge in [-0.3, -0.25) is 9.59 Å². The van der Waals surface area contributed by atoms with E-state index in [0.29, 0.717) is 64.4 Å². The van der Waals surface area contributed by atoms with E-state index >= 15 is 0 Å². The third-order valence-electron chi connectivity index (χ3n) is 8.40. The summed E-state index contributed by atoms with van der Waals surface area (Å²) in [7, 11) is 0. The smallest absolute Gasteiger partial charge is 0.222 e. The van der Waals surface area contributed by atoms with Gasteiger partial charge in [-0.2, -0.15) is 0 Å². The van der Waals surface area contributed by atoms with Crippen LogP contribution in [0.4, 0.5) is 0 Å². The fraction of sp³-hybridized carbons (Fsp3) is 0.875. The van der Waals surface area contributed by atoms with Gasteiger partial charge < -0.3 is 38.1 Å². The van der Waals surface area contributed by atoms with Crippen LogP contribution < -0.4 is 4.84 Å². The molecule has 3 saturated heterocycles. The van der Waals surface area contributed by atoms with Crippen molar-refractivity contribution in [1.29, 1.82) is 0 Å². The van der Waals surface area contributed by atoms with Crippen LogP contribution in [0.5, 0.6) is 0 Å². The summed E-state index contributed by atoms with van der Waals surface area (Å²) in [4.78, 5) is 29.8. The van der Waals surface area contributed by atoms with Crippen LogP contribution in [-0.2, 0) is 55.8 Å². The van der Waals surface area contributed by atoms with Crippen molar-refractivity contribution in [2.75, 3.05) is 32.9 Å². The minimum atomic E-state index is -0.874. The van der Waals surface area contributed by atoms with E-state index < -0.39 is 30.3 Å². The quantitative estimate of drug-likeness (QED) is 0.149. The van der Waals surface area contributed by atoms with Gasteiger partial charge in [0.15, 0.2) is 24.2 Å². The number of nitrogens with one attached hydrogen (secondary N) is 1. The first kappa shape index (κ1) is 38.1. The Morgan fingerprint density at radius 1 is 1.02 bits per heavy atom. The van der Waals surface area contributed by atoms with Gasteiger partial charge in [0, 0.05) is 31.8 Å².